The van der Waals surface area contributed by atoms with Crippen molar-refractivity contribution in [3.8, 4) is 11.1 Å². The maximum atomic E-state index is 13.1. The number of fused-ring (bicyclic) bond motifs is 1. The summed E-state index contributed by atoms with van der Waals surface area (Å²) in [6.45, 7) is 3.81. The second kappa shape index (κ2) is 11.1. The summed E-state index contributed by atoms with van der Waals surface area (Å²) in [6, 6.07) is 20.6. The number of thioether (sulfide) groups is 1. The molecule has 1 aliphatic heterocycles. The van der Waals surface area contributed by atoms with Crippen molar-refractivity contribution in [2.75, 3.05) is 49.9 Å². The van der Waals surface area contributed by atoms with Gasteiger partial charge in [-0.05, 0) is 60.1 Å². The number of morpholine rings is 1. The Morgan fingerprint density at radius 3 is 2.58 bits per heavy atom. The first-order chi connectivity index (χ1) is 17.6. The zero-order valence-corrected chi connectivity index (χ0v) is 21.2. The molecule has 0 saturated carbocycles. The number of nitrogens with zero attached hydrogens (tertiary/aromatic N) is 1. The van der Waals surface area contributed by atoms with Gasteiger partial charge >= 0.3 is 0 Å². The van der Waals surface area contributed by atoms with Crippen molar-refractivity contribution in [1.29, 1.82) is 0 Å². The summed E-state index contributed by atoms with van der Waals surface area (Å²) in [5.41, 5.74) is 12.9. The zero-order valence-electron chi connectivity index (χ0n) is 20.3. The maximum absolute atomic E-state index is 13.1. The number of benzene rings is 3. The van der Waals surface area contributed by atoms with Gasteiger partial charge in [-0.25, -0.2) is 0 Å². The number of nitrogens with two attached hydrogens (primary N) is 1. The van der Waals surface area contributed by atoms with E-state index in [9.17, 15) is 4.79 Å². The smallest absolute Gasteiger partial charge is 0.253 e. The molecule has 1 saturated heterocycles. The Labute approximate surface area is 215 Å². The second-order valence-electron chi connectivity index (χ2n) is 8.81. The summed E-state index contributed by atoms with van der Waals surface area (Å²) in [5, 5.41) is 7.11. The number of carbonyl (C=O) groups excluding carboxylic acids is 1. The summed E-state index contributed by atoms with van der Waals surface area (Å²) in [7, 11) is 1.92. The van der Waals surface area contributed by atoms with Crippen molar-refractivity contribution in [1.82, 2.24) is 15.6 Å². The molecule has 8 heteroatoms. The standard InChI is InChI=1S/C28H31N5O2S/c1-30-18-36-27-15-21(4-8-25(27)29)20-5-9-26-23(14-20)24(17-31-26)28(34)32-16-19-2-6-22(7-3-19)33-10-12-35-13-11-33/h2-9,14-15,17,30-31H,10-13,16,18,29H2,1H3,(H,32,34). The molecule has 3 aromatic carbocycles. The number of nitrogen functional groups attached to an aromatic ring is 1. The number of hydrogen-bond donors (Lipinski definition) is 4. The molecule has 1 aliphatic rings. The number of rotatable bonds is 8. The molecule has 0 bridgehead atoms. The summed E-state index contributed by atoms with van der Waals surface area (Å²) >= 11 is 1.67. The zero-order chi connectivity index (χ0) is 24.9. The molecule has 2 heterocycles. The summed E-state index contributed by atoms with van der Waals surface area (Å²) in [5.74, 6) is 0.684. The van der Waals surface area contributed by atoms with Crippen molar-refractivity contribution in [2.45, 2.75) is 11.4 Å². The molecule has 0 unspecified atom stereocenters. The number of carbonyl (C=O) groups is 1. The van der Waals surface area contributed by atoms with E-state index in [-0.39, 0.29) is 5.91 Å². The fourth-order valence-corrected chi connectivity index (χ4v) is 5.15. The number of anilines is 2. The van der Waals surface area contributed by atoms with E-state index < -0.39 is 0 Å². The lowest BCUT2D eigenvalue weighted by Crippen LogP contribution is -2.36. The number of aromatic nitrogens is 1. The predicted molar refractivity (Wildman–Crippen MR) is 149 cm³/mol. The van der Waals surface area contributed by atoms with Crippen LogP contribution in [0.25, 0.3) is 22.0 Å². The van der Waals surface area contributed by atoms with Crippen LogP contribution in [-0.2, 0) is 11.3 Å². The van der Waals surface area contributed by atoms with Gasteiger partial charge in [0.1, 0.15) is 0 Å². The molecule has 0 aliphatic carbocycles. The molecule has 0 spiro atoms. The van der Waals surface area contributed by atoms with Gasteiger partial charge in [0.05, 0.1) is 18.8 Å². The Bertz CT molecular complexity index is 1350. The number of aromatic amines is 1. The van der Waals surface area contributed by atoms with Crippen molar-refractivity contribution in [2.24, 2.45) is 0 Å². The first kappa shape index (κ1) is 24.2. The molecule has 36 heavy (non-hydrogen) atoms. The summed E-state index contributed by atoms with van der Waals surface area (Å²) in [4.78, 5) is 19.7. The molecule has 1 fully saturated rings. The molecule has 4 aromatic rings. The van der Waals surface area contributed by atoms with Gasteiger partial charge in [0.25, 0.3) is 5.91 Å². The average Bonchev–Trinajstić information content (AvgIpc) is 3.35. The molecule has 5 rings (SSSR count). The van der Waals surface area contributed by atoms with E-state index in [0.717, 1.165) is 70.4 Å². The van der Waals surface area contributed by atoms with E-state index in [1.165, 1.54) is 5.69 Å². The number of amides is 1. The van der Waals surface area contributed by atoms with Crippen LogP contribution in [0.3, 0.4) is 0 Å². The fourth-order valence-electron chi connectivity index (χ4n) is 4.40. The minimum absolute atomic E-state index is 0.0989. The normalized spacial score (nSPS) is 13.8. The van der Waals surface area contributed by atoms with Gasteiger partial charge in [0, 0.05) is 58.9 Å². The van der Waals surface area contributed by atoms with Crippen LogP contribution in [0, 0.1) is 0 Å². The van der Waals surface area contributed by atoms with Crippen LogP contribution in [0.1, 0.15) is 15.9 Å². The second-order valence-corrected chi connectivity index (χ2v) is 9.82. The van der Waals surface area contributed by atoms with Crippen LogP contribution in [0.5, 0.6) is 0 Å². The van der Waals surface area contributed by atoms with E-state index in [4.69, 9.17) is 10.5 Å². The highest BCUT2D eigenvalue weighted by Gasteiger charge is 2.14. The van der Waals surface area contributed by atoms with Crippen LogP contribution < -0.4 is 21.3 Å². The quantitative estimate of drug-likeness (QED) is 0.162. The third-order valence-electron chi connectivity index (χ3n) is 6.41. The van der Waals surface area contributed by atoms with E-state index in [0.29, 0.717) is 12.1 Å². The van der Waals surface area contributed by atoms with Crippen molar-refractivity contribution < 1.29 is 9.53 Å². The van der Waals surface area contributed by atoms with E-state index >= 15 is 0 Å². The molecular formula is C28H31N5O2S. The minimum Gasteiger partial charge on any atom is -0.398 e. The highest BCUT2D eigenvalue weighted by atomic mass is 32.2. The van der Waals surface area contributed by atoms with E-state index in [1.54, 1.807) is 18.0 Å². The van der Waals surface area contributed by atoms with Crippen molar-refractivity contribution >= 4 is 39.9 Å². The Morgan fingerprint density at radius 1 is 1.06 bits per heavy atom. The number of hydrogen-bond acceptors (Lipinski definition) is 6. The van der Waals surface area contributed by atoms with Crippen LogP contribution in [0.15, 0.2) is 71.8 Å². The van der Waals surface area contributed by atoms with Crippen molar-refractivity contribution in [3.63, 3.8) is 0 Å². The third kappa shape index (κ3) is 5.36. The number of H-pyrrole nitrogens is 1. The van der Waals surface area contributed by atoms with Gasteiger partial charge in [-0.1, -0.05) is 24.3 Å². The molecule has 1 amide bonds. The monoisotopic (exact) mass is 501 g/mol. The fraction of sp³-hybridized carbons (Fsp3) is 0.250. The molecule has 0 radical (unpaired) electrons. The van der Waals surface area contributed by atoms with Gasteiger partial charge in [0.15, 0.2) is 0 Å². The summed E-state index contributed by atoms with van der Waals surface area (Å²) in [6.07, 6.45) is 1.78. The first-order valence-corrected chi connectivity index (χ1v) is 13.1. The highest BCUT2D eigenvalue weighted by molar-refractivity contribution is 7.99. The van der Waals surface area contributed by atoms with Gasteiger partial charge in [-0.3, -0.25) is 4.79 Å². The van der Waals surface area contributed by atoms with Crippen LogP contribution in [-0.4, -0.2) is 50.1 Å². The molecule has 7 nitrogen and oxygen atoms in total. The molecule has 5 N–H and O–H groups in total. The van der Waals surface area contributed by atoms with Crippen molar-refractivity contribution in [3.05, 3.63) is 78.0 Å². The lowest BCUT2D eigenvalue weighted by Gasteiger charge is -2.28. The molecule has 186 valence electrons. The highest BCUT2D eigenvalue weighted by Crippen LogP contribution is 2.32. The Morgan fingerprint density at radius 2 is 1.81 bits per heavy atom. The number of nitrogens with one attached hydrogen (secondary N) is 3. The van der Waals surface area contributed by atoms with E-state index in [1.807, 2.05) is 25.2 Å². The topological polar surface area (TPSA) is 95.4 Å². The molecular weight excluding hydrogens is 470 g/mol. The van der Waals surface area contributed by atoms with Gasteiger partial charge in [-0.15, -0.1) is 11.8 Å². The van der Waals surface area contributed by atoms with Crippen LogP contribution in [0.2, 0.25) is 0 Å². The lowest BCUT2D eigenvalue weighted by atomic mass is 10.0. The Hall–Kier alpha value is -3.46. The molecule has 0 atom stereocenters. The largest absolute Gasteiger partial charge is 0.398 e. The lowest BCUT2D eigenvalue weighted by molar-refractivity contribution is 0.0952. The Kier molecular flexibility index (Phi) is 7.46. The van der Waals surface area contributed by atoms with Crippen LogP contribution >= 0.6 is 11.8 Å². The van der Waals surface area contributed by atoms with E-state index in [2.05, 4.69) is 63.0 Å². The summed E-state index contributed by atoms with van der Waals surface area (Å²) < 4.78 is 5.43. The van der Waals surface area contributed by atoms with Gasteiger partial charge in [-0.2, -0.15) is 0 Å². The minimum atomic E-state index is -0.0989. The SMILES string of the molecule is CNCSc1cc(-c2ccc3[nH]cc(C(=O)NCc4ccc(N5CCOCC5)cc4)c3c2)ccc1N. The molecule has 1 aromatic heterocycles. The average molecular weight is 502 g/mol. The predicted octanol–water partition coefficient (Wildman–Crippen LogP) is 4.45. The number of ether oxygens (including phenoxy) is 1. The van der Waals surface area contributed by atoms with Gasteiger partial charge in [0.2, 0.25) is 0 Å². The maximum Gasteiger partial charge on any atom is 0.253 e. The van der Waals surface area contributed by atoms with Crippen LogP contribution in [0.4, 0.5) is 11.4 Å². The van der Waals surface area contributed by atoms with Gasteiger partial charge < -0.3 is 31.0 Å². The third-order valence-corrected chi connectivity index (χ3v) is 7.51. The first-order valence-electron chi connectivity index (χ1n) is 12.1. The Balaban J connectivity index is 1.30.